The Balaban J connectivity index is 1.91. The number of benzene rings is 1. The Morgan fingerprint density at radius 2 is 2.16 bits per heavy atom. The molecule has 0 atom stereocenters. The Kier molecular flexibility index (Phi) is 4.29. The van der Waals surface area contributed by atoms with Gasteiger partial charge in [0, 0.05) is 17.8 Å². The highest BCUT2D eigenvalue weighted by atomic mass is 35.5. The molecule has 1 heterocycles. The summed E-state index contributed by atoms with van der Waals surface area (Å²) in [5.74, 6) is 0.676. The van der Waals surface area contributed by atoms with Crippen molar-refractivity contribution in [2.45, 2.75) is 13.5 Å². The van der Waals surface area contributed by atoms with Crippen LogP contribution >= 0.6 is 23.2 Å². The largest absolute Gasteiger partial charge is 0.361 e. The van der Waals surface area contributed by atoms with Crippen LogP contribution in [0.1, 0.15) is 11.3 Å². The third-order valence-electron chi connectivity index (χ3n) is 2.47. The van der Waals surface area contributed by atoms with Crippen LogP contribution in [0.3, 0.4) is 0 Å². The molecule has 1 aromatic carbocycles. The lowest BCUT2D eigenvalue weighted by molar-refractivity contribution is 0.251. The number of hydrogen-bond donors (Lipinski definition) is 2. The quantitative estimate of drug-likeness (QED) is 0.910. The summed E-state index contributed by atoms with van der Waals surface area (Å²) in [5.41, 5.74) is 1.39. The van der Waals surface area contributed by atoms with Gasteiger partial charge in [-0.1, -0.05) is 28.4 Å². The van der Waals surface area contributed by atoms with E-state index in [4.69, 9.17) is 27.7 Å². The van der Waals surface area contributed by atoms with E-state index < -0.39 is 0 Å². The van der Waals surface area contributed by atoms with Gasteiger partial charge in [-0.3, -0.25) is 0 Å². The van der Waals surface area contributed by atoms with Crippen molar-refractivity contribution in [3.63, 3.8) is 0 Å². The van der Waals surface area contributed by atoms with Gasteiger partial charge in [-0.05, 0) is 25.1 Å². The maximum Gasteiger partial charge on any atom is 0.319 e. The molecule has 100 valence electrons. The molecule has 19 heavy (non-hydrogen) atoms. The average Bonchev–Trinajstić information content (AvgIpc) is 2.77. The number of rotatable bonds is 3. The minimum Gasteiger partial charge on any atom is -0.361 e. The number of carbonyl (C=O) groups is 1. The van der Waals surface area contributed by atoms with Crippen molar-refractivity contribution < 1.29 is 9.32 Å². The van der Waals surface area contributed by atoms with Gasteiger partial charge in [0.2, 0.25) is 0 Å². The second-order valence-corrected chi connectivity index (χ2v) is 4.66. The molecule has 0 bridgehead atoms. The summed E-state index contributed by atoms with van der Waals surface area (Å²) in [6.07, 6.45) is 1.56. The van der Waals surface area contributed by atoms with Gasteiger partial charge in [0.25, 0.3) is 0 Å². The number of hydrogen-bond acceptors (Lipinski definition) is 3. The first kappa shape index (κ1) is 13.7. The van der Waals surface area contributed by atoms with Crippen LogP contribution in [-0.2, 0) is 6.54 Å². The third-order valence-corrected chi connectivity index (χ3v) is 3.21. The van der Waals surface area contributed by atoms with Crippen LogP contribution in [0.5, 0.6) is 0 Å². The number of carbonyl (C=O) groups excluding carboxylic acids is 1. The highest BCUT2D eigenvalue weighted by Gasteiger charge is 2.07. The van der Waals surface area contributed by atoms with Crippen LogP contribution in [0.25, 0.3) is 0 Å². The van der Waals surface area contributed by atoms with E-state index in [1.54, 1.807) is 31.3 Å². The predicted molar refractivity (Wildman–Crippen MR) is 73.6 cm³/mol. The molecule has 0 saturated heterocycles. The van der Waals surface area contributed by atoms with Gasteiger partial charge in [-0.25, -0.2) is 4.79 Å². The zero-order valence-electron chi connectivity index (χ0n) is 10.0. The van der Waals surface area contributed by atoms with E-state index in [0.29, 0.717) is 28.0 Å². The Morgan fingerprint density at radius 3 is 2.79 bits per heavy atom. The first-order chi connectivity index (χ1) is 9.06. The Morgan fingerprint density at radius 1 is 1.37 bits per heavy atom. The lowest BCUT2D eigenvalue weighted by Gasteiger charge is -2.07. The normalized spacial score (nSPS) is 10.3. The number of nitrogens with one attached hydrogen (secondary N) is 2. The van der Waals surface area contributed by atoms with Crippen molar-refractivity contribution in [2.75, 3.05) is 5.32 Å². The molecule has 7 heteroatoms. The summed E-state index contributed by atoms with van der Waals surface area (Å²) < 4.78 is 4.89. The van der Waals surface area contributed by atoms with Crippen LogP contribution in [0.15, 0.2) is 28.9 Å². The Labute approximate surface area is 119 Å². The Hall–Kier alpha value is -1.72. The van der Waals surface area contributed by atoms with Gasteiger partial charge < -0.3 is 15.2 Å². The standard InChI is InChI=1S/C12H11Cl2N3O2/c1-7-8(6-16-19-7)5-15-12(18)17-9-2-3-10(13)11(14)4-9/h2-4,6H,5H2,1H3,(H2,15,17,18). The van der Waals surface area contributed by atoms with Crippen LogP contribution in [0.2, 0.25) is 10.0 Å². The second-order valence-electron chi connectivity index (χ2n) is 3.84. The average molecular weight is 300 g/mol. The molecule has 0 fully saturated rings. The highest BCUT2D eigenvalue weighted by Crippen LogP contribution is 2.24. The van der Waals surface area contributed by atoms with Crippen molar-refractivity contribution in [1.29, 1.82) is 0 Å². The van der Waals surface area contributed by atoms with Crippen molar-refractivity contribution in [1.82, 2.24) is 10.5 Å². The first-order valence-corrected chi connectivity index (χ1v) is 6.22. The molecule has 5 nitrogen and oxygen atoms in total. The minimum atomic E-state index is -0.348. The molecule has 0 radical (unpaired) electrons. The van der Waals surface area contributed by atoms with E-state index >= 15 is 0 Å². The number of aryl methyl sites for hydroxylation is 1. The molecule has 2 amide bonds. The Bertz CT molecular complexity index is 598. The molecule has 2 aromatic rings. The molecule has 0 aliphatic rings. The van der Waals surface area contributed by atoms with Crippen molar-refractivity contribution in [3.8, 4) is 0 Å². The zero-order valence-corrected chi connectivity index (χ0v) is 11.5. The monoisotopic (exact) mass is 299 g/mol. The van der Waals surface area contributed by atoms with E-state index in [9.17, 15) is 4.79 Å². The number of halogens is 2. The fourth-order valence-electron chi connectivity index (χ4n) is 1.41. The number of urea groups is 1. The molecule has 0 aliphatic carbocycles. The van der Waals surface area contributed by atoms with E-state index in [1.807, 2.05) is 0 Å². The fraction of sp³-hybridized carbons (Fsp3) is 0.167. The number of anilines is 1. The molecule has 1 aromatic heterocycles. The highest BCUT2D eigenvalue weighted by molar-refractivity contribution is 6.42. The second kappa shape index (κ2) is 5.95. The summed E-state index contributed by atoms with van der Waals surface area (Å²) in [4.78, 5) is 11.7. The first-order valence-electron chi connectivity index (χ1n) is 5.46. The molecular weight excluding hydrogens is 289 g/mol. The van der Waals surface area contributed by atoms with Crippen LogP contribution in [0.4, 0.5) is 10.5 Å². The van der Waals surface area contributed by atoms with E-state index in [1.165, 1.54) is 0 Å². The summed E-state index contributed by atoms with van der Waals surface area (Å²) in [6, 6.07) is 4.51. The van der Waals surface area contributed by atoms with Gasteiger partial charge in [-0.15, -0.1) is 0 Å². The van der Waals surface area contributed by atoms with Crippen molar-refractivity contribution >= 4 is 34.9 Å². The van der Waals surface area contributed by atoms with Crippen molar-refractivity contribution in [2.24, 2.45) is 0 Å². The van der Waals surface area contributed by atoms with E-state index in [-0.39, 0.29) is 6.03 Å². The SMILES string of the molecule is Cc1oncc1CNC(=O)Nc1ccc(Cl)c(Cl)c1. The summed E-state index contributed by atoms with van der Waals surface area (Å²) in [5, 5.41) is 9.78. The minimum absolute atomic E-state index is 0.336. The van der Waals surface area contributed by atoms with Gasteiger partial charge in [-0.2, -0.15) is 0 Å². The summed E-state index contributed by atoms with van der Waals surface area (Å²) in [6.45, 7) is 2.11. The number of amides is 2. The molecule has 2 N–H and O–H groups in total. The maximum absolute atomic E-state index is 11.7. The van der Waals surface area contributed by atoms with Gasteiger partial charge in [0.05, 0.1) is 16.2 Å². The molecular formula is C12H11Cl2N3O2. The molecule has 2 rings (SSSR count). The smallest absolute Gasteiger partial charge is 0.319 e. The lowest BCUT2D eigenvalue weighted by Crippen LogP contribution is -2.28. The predicted octanol–water partition coefficient (Wildman–Crippen LogP) is 3.61. The topological polar surface area (TPSA) is 67.2 Å². The van der Waals surface area contributed by atoms with E-state index in [2.05, 4.69) is 15.8 Å². The van der Waals surface area contributed by atoms with Gasteiger partial charge >= 0.3 is 6.03 Å². The molecule has 0 aliphatic heterocycles. The van der Waals surface area contributed by atoms with Gasteiger partial charge in [0.15, 0.2) is 0 Å². The third kappa shape index (κ3) is 3.62. The molecule has 0 spiro atoms. The van der Waals surface area contributed by atoms with Gasteiger partial charge in [0.1, 0.15) is 5.76 Å². The summed E-state index contributed by atoms with van der Waals surface area (Å²) in [7, 11) is 0. The van der Waals surface area contributed by atoms with E-state index in [0.717, 1.165) is 5.56 Å². The number of aromatic nitrogens is 1. The number of nitrogens with zero attached hydrogens (tertiary/aromatic N) is 1. The molecule has 0 unspecified atom stereocenters. The fourth-order valence-corrected chi connectivity index (χ4v) is 1.71. The maximum atomic E-state index is 11.7. The summed E-state index contributed by atoms with van der Waals surface area (Å²) >= 11 is 11.6. The van der Waals surface area contributed by atoms with Crippen LogP contribution in [0, 0.1) is 6.92 Å². The molecule has 0 saturated carbocycles. The lowest BCUT2D eigenvalue weighted by atomic mass is 10.3. The van der Waals surface area contributed by atoms with Crippen molar-refractivity contribution in [3.05, 3.63) is 45.8 Å². The van der Waals surface area contributed by atoms with Crippen LogP contribution in [-0.4, -0.2) is 11.2 Å². The van der Waals surface area contributed by atoms with Crippen LogP contribution < -0.4 is 10.6 Å². The zero-order chi connectivity index (χ0) is 13.8.